The average molecular weight is 279 g/mol. The van der Waals surface area contributed by atoms with Crippen molar-refractivity contribution in [3.8, 4) is 0 Å². The molecule has 3 atom stereocenters. The molecule has 20 heavy (non-hydrogen) atoms. The molecule has 0 bridgehead atoms. The Hall–Kier alpha value is -1.40. The summed E-state index contributed by atoms with van der Waals surface area (Å²) in [7, 11) is 1.64. The minimum Gasteiger partial charge on any atom is -0.377 e. The number of methoxy groups -OCH3 is 1. The van der Waals surface area contributed by atoms with E-state index >= 15 is 0 Å². The lowest BCUT2D eigenvalue weighted by atomic mass is 9.86. The van der Waals surface area contributed by atoms with Crippen molar-refractivity contribution in [3.05, 3.63) is 11.9 Å². The third-order valence-corrected chi connectivity index (χ3v) is 4.07. The molecule has 1 aromatic heterocycles. The minimum atomic E-state index is 0.385. The molecule has 0 saturated carbocycles. The Balaban J connectivity index is 2.32. The fourth-order valence-electron chi connectivity index (χ4n) is 2.92. The van der Waals surface area contributed by atoms with Crippen molar-refractivity contribution in [1.29, 1.82) is 0 Å². The van der Waals surface area contributed by atoms with Gasteiger partial charge < -0.3 is 15.1 Å². The Morgan fingerprint density at radius 1 is 1.40 bits per heavy atom. The molecule has 112 valence electrons. The Morgan fingerprint density at radius 3 is 2.80 bits per heavy atom. The number of anilines is 2. The highest BCUT2D eigenvalue weighted by Crippen LogP contribution is 2.31. The zero-order valence-electron chi connectivity index (χ0n) is 12.8. The van der Waals surface area contributed by atoms with Crippen LogP contribution in [0.4, 0.5) is 11.6 Å². The molecule has 1 fully saturated rings. The van der Waals surface area contributed by atoms with Crippen LogP contribution in [0.3, 0.4) is 0 Å². The highest BCUT2D eigenvalue weighted by Gasteiger charge is 2.30. The third-order valence-electron chi connectivity index (χ3n) is 4.07. The maximum atomic E-state index is 5.50. The molecule has 0 amide bonds. The third kappa shape index (κ3) is 3.19. The first-order valence-corrected chi connectivity index (χ1v) is 7.15. The van der Waals surface area contributed by atoms with Crippen molar-refractivity contribution in [2.24, 2.45) is 17.7 Å². The monoisotopic (exact) mass is 279 g/mol. The molecule has 1 saturated heterocycles. The number of ether oxygens (including phenoxy) is 1. The van der Waals surface area contributed by atoms with Gasteiger partial charge in [-0.3, -0.25) is 0 Å². The van der Waals surface area contributed by atoms with Gasteiger partial charge in [0.1, 0.15) is 18.2 Å². The van der Waals surface area contributed by atoms with Gasteiger partial charge in [-0.05, 0) is 25.2 Å². The van der Waals surface area contributed by atoms with E-state index in [1.165, 1.54) is 6.42 Å². The molecule has 1 aliphatic heterocycles. The number of nitrogens with one attached hydrogen (secondary N) is 1. The number of nitrogens with two attached hydrogens (primary N) is 1. The van der Waals surface area contributed by atoms with Crippen LogP contribution in [0.2, 0.25) is 0 Å². The maximum Gasteiger partial charge on any atom is 0.158 e. The largest absolute Gasteiger partial charge is 0.377 e. The van der Waals surface area contributed by atoms with Gasteiger partial charge in [-0.2, -0.15) is 0 Å². The summed E-state index contributed by atoms with van der Waals surface area (Å²) < 4.78 is 5.13. The van der Waals surface area contributed by atoms with Crippen molar-refractivity contribution in [2.75, 3.05) is 24.0 Å². The second kappa shape index (κ2) is 6.37. The zero-order chi connectivity index (χ0) is 14.7. The molecular formula is C14H25N5O. The number of aromatic nitrogens is 2. The number of hydrogen-bond donors (Lipinski definition) is 2. The lowest BCUT2D eigenvalue weighted by Crippen LogP contribution is -2.46. The van der Waals surface area contributed by atoms with E-state index in [4.69, 9.17) is 10.6 Å². The molecule has 6 heteroatoms. The Kier molecular flexibility index (Phi) is 4.77. The van der Waals surface area contributed by atoms with Gasteiger partial charge in [0.05, 0.1) is 0 Å². The summed E-state index contributed by atoms with van der Waals surface area (Å²) in [5.74, 6) is 9.01. The van der Waals surface area contributed by atoms with Crippen molar-refractivity contribution >= 4 is 11.6 Å². The highest BCUT2D eigenvalue weighted by molar-refractivity contribution is 5.50. The molecule has 3 N–H and O–H groups in total. The molecule has 3 unspecified atom stereocenters. The Morgan fingerprint density at radius 2 is 2.15 bits per heavy atom. The van der Waals surface area contributed by atoms with Crippen molar-refractivity contribution in [3.63, 3.8) is 0 Å². The molecule has 6 nitrogen and oxygen atoms in total. The lowest BCUT2D eigenvalue weighted by molar-refractivity contribution is 0.178. The van der Waals surface area contributed by atoms with E-state index in [1.54, 1.807) is 7.11 Å². The Bertz CT molecular complexity index is 453. The molecule has 1 aliphatic rings. The fraction of sp³-hybridized carbons (Fsp3) is 0.714. The number of rotatable bonds is 4. The van der Waals surface area contributed by atoms with E-state index in [0.717, 1.165) is 12.4 Å². The Labute approximate surface area is 120 Å². The fourth-order valence-corrected chi connectivity index (χ4v) is 2.92. The summed E-state index contributed by atoms with van der Waals surface area (Å²) in [5, 5.41) is 0. The van der Waals surface area contributed by atoms with Gasteiger partial charge in [0.25, 0.3) is 0 Å². The number of nitrogen functional groups attached to an aromatic ring is 1. The van der Waals surface area contributed by atoms with Gasteiger partial charge in [-0.1, -0.05) is 13.8 Å². The molecule has 0 aromatic carbocycles. The second-order valence-electron chi connectivity index (χ2n) is 5.82. The first-order chi connectivity index (χ1) is 9.55. The first-order valence-electron chi connectivity index (χ1n) is 7.15. The van der Waals surface area contributed by atoms with Crippen LogP contribution >= 0.6 is 0 Å². The van der Waals surface area contributed by atoms with Gasteiger partial charge in [-0.25, -0.2) is 15.8 Å². The molecule has 2 rings (SSSR count). The van der Waals surface area contributed by atoms with Crippen LogP contribution in [0.1, 0.15) is 33.0 Å². The van der Waals surface area contributed by atoms with Crippen LogP contribution < -0.4 is 16.2 Å². The average Bonchev–Trinajstić information content (AvgIpc) is 2.42. The van der Waals surface area contributed by atoms with E-state index in [0.29, 0.717) is 36.1 Å². The molecule has 0 spiro atoms. The summed E-state index contributed by atoms with van der Waals surface area (Å²) in [4.78, 5) is 11.3. The minimum absolute atomic E-state index is 0.385. The van der Waals surface area contributed by atoms with E-state index in [1.807, 2.05) is 6.07 Å². The highest BCUT2D eigenvalue weighted by atomic mass is 16.5. The first kappa shape index (κ1) is 15.0. The number of hydrazine groups is 1. The summed E-state index contributed by atoms with van der Waals surface area (Å²) in [6.45, 7) is 8.24. The van der Waals surface area contributed by atoms with E-state index in [9.17, 15) is 0 Å². The van der Waals surface area contributed by atoms with E-state index < -0.39 is 0 Å². The topological polar surface area (TPSA) is 76.3 Å². The zero-order valence-corrected chi connectivity index (χ0v) is 12.8. The van der Waals surface area contributed by atoms with Crippen LogP contribution in [0, 0.1) is 11.8 Å². The van der Waals surface area contributed by atoms with Crippen LogP contribution in [-0.2, 0) is 11.3 Å². The van der Waals surface area contributed by atoms with Crippen molar-refractivity contribution in [1.82, 2.24) is 9.97 Å². The summed E-state index contributed by atoms with van der Waals surface area (Å²) >= 11 is 0. The number of piperidine rings is 1. The predicted molar refractivity (Wildman–Crippen MR) is 80.3 cm³/mol. The molecular weight excluding hydrogens is 254 g/mol. The van der Waals surface area contributed by atoms with Gasteiger partial charge in [0.15, 0.2) is 5.82 Å². The SMILES string of the molecule is COCc1nc(NN)cc(N2CC(C)CC(C)C2C)n1. The van der Waals surface area contributed by atoms with E-state index in [-0.39, 0.29) is 0 Å². The van der Waals surface area contributed by atoms with Crippen LogP contribution in [0.5, 0.6) is 0 Å². The van der Waals surface area contributed by atoms with Crippen LogP contribution in [-0.4, -0.2) is 29.7 Å². The van der Waals surface area contributed by atoms with Crippen molar-refractivity contribution < 1.29 is 4.74 Å². The summed E-state index contributed by atoms with van der Waals surface area (Å²) in [5.41, 5.74) is 2.61. The van der Waals surface area contributed by atoms with Gasteiger partial charge in [0, 0.05) is 25.8 Å². The molecule has 1 aromatic rings. The molecule has 0 aliphatic carbocycles. The van der Waals surface area contributed by atoms with Gasteiger partial charge in [-0.15, -0.1) is 0 Å². The van der Waals surface area contributed by atoms with Crippen LogP contribution in [0.25, 0.3) is 0 Å². The van der Waals surface area contributed by atoms with E-state index in [2.05, 4.69) is 41.1 Å². The van der Waals surface area contributed by atoms with Gasteiger partial charge in [0.2, 0.25) is 0 Å². The summed E-state index contributed by atoms with van der Waals surface area (Å²) in [6, 6.07) is 2.36. The molecule has 0 radical (unpaired) electrons. The second-order valence-corrected chi connectivity index (χ2v) is 5.82. The number of hydrogen-bond acceptors (Lipinski definition) is 6. The number of nitrogens with zero attached hydrogens (tertiary/aromatic N) is 3. The smallest absolute Gasteiger partial charge is 0.158 e. The summed E-state index contributed by atoms with van der Waals surface area (Å²) in [6.07, 6.45) is 1.26. The predicted octanol–water partition coefficient (Wildman–Crippen LogP) is 1.78. The van der Waals surface area contributed by atoms with Crippen LogP contribution in [0.15, 0.2) is 6.07 Å². The van der Waals surface area contributed by atoms with Gasteiger partial charge >= 0.3 is 0 Å². The standard InChI is InChI=1S/C14H25N5O/c1-9-5-10(2)11(3)19(7-9)14-6-12(18-15)16-13(17-14)8-20-4/h6,9-11H,5,7-8,15H2,1-4H3,(H,16,17,18). The molecule has 2 heterocycles. The maximum absolute atomic E-state index is 5.50. The normalized spacial score (nSPS) is 26.6. The quantitative estimate of drug-likeness (QED) is 0.646. The lowest BCUT2D eigenvalue weighted by Gasteiger charge is -2.42. The van der Waals surface area contributed by atoms with Crippen molar-refractivity contribution in [2.45, 2.75) is 39.8 Å².